The number of rotatable bonds is 2. The van der Waals surface area contributed by atoms with Gasteiger partial charge in [0, 0.05) is 11.6 Å². The zero-order valence-electron chi connectivity index (χ0n) is 10.2. The highest BCUT2D eigenvalue weighted by molar-refractivity contribution is 5.94. The van der Waals surface area contributed by atoms with E-state index in [9.17, 15) is 13.6 Å². The van der Waals surface area contributed by atoms with Crippen LogP contribution in [-0.2, 0) is 0 Å². The van der Waals surface area contributed by atoms with Gasteiger partial charge < -0.3 is 11.1 Å². The molecule has 0 spiro atoms. The number of hydrogen-bond donors (Lipinski definition) is 2. The molecule has 0 saturated heterocycles. The molecular formula is C13H16F2N2O. The zero-order chi connectivity index (χ0) is 13.3. The second kappa shape index (κ2) is 4.92. The maximum Gasteiger partial charge on any atom is 0.251 e. The van der Waals surface area contributed by atoms with Crippen molar-refractivity contribution in [3.8, 4) is 0 Å². The van der Waals surface area contributed by atoms with Crippen molar-refractivity contribution in [3.63, 3.8) is 0 Å². The molecule has 0 heterocycles. The lowest BCUT2D eigenvalue weighted by molar-refractivity contribution is 0.0936. The highest BCUT2D eigenvalue weighted by atomic mass is 19.1. The van der Waals surface area contributed by atoms with E-state index in [0.29, 0.717) is 5.92 Å². The Morgan fingerprint density at radius 2 is 1.94 bits per heavy atom. The van der Waals surface area contributed by atoms with Gasteiger partial charge in [0.2, 0.25) is 0 Å². The normalized spacial score (nSPS) is 23.1. The number of amides is 1. The average molecular weight is 254 g/mol. The Morgan fingerprint density at radius 1 is 1.33 bits per heavy atom. The molecule has 2 rings (SSSR count). The Hall–Kier alpha value is -1.65. The highest BCUT2D eigenvalue weighted by Crippen LogP contribution is 2.25. The first kappa shape index (κ1) is 12.8. The number of carbonyl (C=O) groups is 1. The van der Waals surface area contributed by atoms with Crippen LogP contribution in [0.2, 0.25) is 0 Å². The molecule has 98 valence electrons. The van der Waals surface area contributed by atoms with Crippen molar-refractivity contribution in [2.45, 2.75) is 32.2 Å². The topological polar surface area (TPSA) is 55.1 Å². The van der Waals surface area contributed by atoms with Gasteiger partial charge in [-0.2, -0.15) is 0 Å². The van der Waals surface area contributed by atoms with Gasteiger partial charge in [-0.15, -0.1) is 0 Å². The van der Waals surface area contributed by atoms with E-state index in [1.54, 1.807) is 0 Å². The molecule has 1 aromatic carbocycles. The summed E-state index contributed by atoms with van der Waals surface area (Å²) < 4.78 is 26.5. The lowest BCUT2D eigenvalue weighted by Crippen LogP contribution is -2.33. The summed E-state index contributed by atoms with van der Waals surface area (Å²) in [6.45, 7) is 2.12. The number of nitrogen functional groups attached to an aromatic ring is 1. The van der Waals surface area contributed by atoms with Crippen LogP contribution in [0.25, 0.3) is 0 Å². The first-order valence-corrected chi connectivity index (χ1v) is 6.02. The molecule has 0 radical (unpaired) electrons. The number of anilines is 1. The predicted octanol–water partition coefficient (Wildman–Crippen LogP) is 2.47. The molecule has 2 atom stereocenters. The fraction of sp³-hybridized carbons (Fsp3) is 0.462. The molecule has 3 nitrogen and oxygen atoms in total. The predicted molar refractivity (Wildman–Crippen MR) is 65.0 cm³/mol. The van der Waals surface area contributed by atoms with E-state index in [-0.39, 0.29) is 11.6 Å². The minimum absolute atomic E-state index is 0.0289. The maximum absolute atomic E-state index is 13.2. The summed E-state index contributed by atoms with van der Waals surface area (Å²) in [5, 5.41) is 2.79. The van der Waals surface area contributed by atoms with Crippen LogP contribution < -0.4 is 11.1 Å². The van der Waals surface area contributed by atoms with Crippen molar-refractivity contribution in [3.05, 3.63) is 29.3 Å². The van der Waals surface area contributed by atoms with Crippen LogP contribution in [0.5, 0.6) is 0 Å². The van der Waals surface area contributed by atoms with Gasteiger partial charge in [-0.05, 0) is 37.3 Å². The smallest absolute Gasteiger partial charge is 0.251 e. The van der Waals surface area contributed by atoms with E-state index < -0.39 is 23.2 Å². The van der Waals surface area contributed by atoms with Gasteiger partial charge >= 0.3 is 0 Å². The van der Waals surface area contributed by atoms with E-state index in [4.69, 9.17) is 5.73 Å². The SMILES string of the molecule is CC1CCC(NC(=O)c2cc(F)c(N)c(F)c2)C1. The number of nitrogens with one attached hydrogen (secondary N) is 1. The van der Waals surface area contributed by atoms with Gasteiger partial charge in [0.15, 0.2) is 0 Å². The number of nitrogens with two attached hydrogens (primary N) is 1. The Balaban J connectivity index is 2.09. The molecule has 1 aromatic rings. The minimum Gasteiger partial charge on any atom is -0.394 e. The lowest BCUT2D eigenvalue weighted by Gasteiger charge is -2.13. The van der Waals surface area contributed by atoms with Crippen molar-refractivity contribution in [2.75, 3.05) is 5.73 Å². The van der Waals surface area contributed by atoms with Crippen LogP contribution in [-0.4, -0.2) is 11.9 Å². The van der Waals surface area contributed by atoms with Crippen LogP contribution in [0.15, 0.2) is 12.1 Å². The van der Waals surface area contributed by atoms with E-state index in [1.807, 2.05) is 0 Å². The largest absolute Gasteiger partial charge is 0.394 e. The fourth-order valence-corrected chi connectivity index (χ4v) is 2.32. The molecule has 0 bridgehead atoms. The van der Waals surface area contributed by atoms with Crippen LogP contribution in [0.3, 0.4) is 0 Å². The van der Waals surface area contributed by atoms with Crippen molar-refractivity contribution in [2.24, 2.45) is 5.92 Å². The van der Waals surface area contributed by atoms with Gasteiger partial charge in [0.1, 0.15) is 17.3 Å². The van der Waals surface area contributed by atoms with Gasteiger partial charge in [-0.3, -0.25) is 4.79 Å². The van der Waals surface area contributed by atoms with Gasteiger partial charge in [-0.1, -0.05) is 6.92 Å². The monoisotopic (exact) mass is 254 g/mol. The standard InChI is InChI=1S/C13H16F2N2O/c1-7-2-3-9(4-7)17-13(18)8-5-10(14)12(16)11(15)6-8/h5-7,9H,2-4,16H2,1H3,(H,17,18). The fourth-order valence-electron chi connectivity index (χ4n) is 2.32. The molecule has 18 heavy (non-hydrogen) atoms. The first-order chi connectivity index (χ1) is 8.47. The quantitative estimate of drug-likeness (QED) is 0.796. The van der Waals surface area contributed by atoms with Crippen LogP contribution >= 0.6 is 0 Å². The Morgan fingerprint density at radius 3 is 2.44 bits per heavy atom. The van der Waals surface area contributed by atoms with Crippen LogP contribution in [0, 0.1) is 17.6 Å². The molecule has 1 fully saturated rings. The summed E-state index contributed by atoms with van der Waals surface area (Å²) in [5.74, 6) is -1.68. The lowest BCUT2D eigenvalue weighted by atomic mass is 10.1. The summed E-state index contributed by atoms with van der Waals surface area (Å²) in [5.41, 5.74) is 4.57. The van der Waals surface area contributed by atoms with Crippen molar-refractivity contribution in [1.82, 2.24) is 5.32 Å². The highest BCUT2D eigenvalue weighted by Gasteiger charge is 2.23. The van der Waals surface area contributed by atoms with Crippen molar-refractivity contribution < 1.29 is 13.6 Å². The number of halogens is 2. The summed E-state index contributed by atoms with van der Waals surface area (Å²) >= 11 is 0. The molecular weight excluding hydrogens is 238 g/mol. The van der Waals surface area contributed by atoms with Crippen LogP contribution in [0.4, 0.5) is 14.5 Å². The van der Waals surface area contributed by atoms with Crippen molar-refractivity contribution >= 4 is 11.6 Å². The van der Waals surface area contributed by atoms with Gasteiger partial charge in [-0.25, -0.2) is 8.78 Å². The Kier molecular flexibility index (Phi) is 3.50. The van der Waals surface area contributed by atoms with Gasteiger partial charge in [0.05, 0.1) is 0 Å². The second-order valence-electron chi connectivity index (χ2n) is 4.94. The van der Waals surface area contributed by atoms with E-state index in [2.05, 4.69) is 12.2 Å². The maximum atomic E-state index is 13.2. The molecule has 5 heteroatoms. The first-order valence-electron chi connectivity index (χ1n) is 6.02. The van der Waals surface area contributed by atoms with E-state index in [1.165, 1.54) is 0 Å². The van der Waals surface area contributed by atoms with E-state index in [0.717, 1.165) is 31.4 Å². The molecule has 0 aromatic heterocycles. The molecule has 1 amide bonds. The minimum atomic E-state index is -0.903. The Bertz CT molecular complexity index is 453. The number of hydrogen-bond acceptors (Lipinski definition) is 2. The third kappa shape index (κ3) is 2.60. The second-order valence-corrected chi connectivity index (χ2v) is 4.94. The zero-order valence-corrected chi connectivity index (χ0v) is 10.2. The Labute approximate surface area is 104 Å². The van der Waals surface area contributed by atoms with Crippen LogP contribution in [0.1, 0.15) is 36.5 Å². The number of benzene rings is 1. The molecule has 2 unspecified atom stereocenters. The molecule has 1 aliphatic carbocycles. The summed E-state index contributed by atoms with van der Waals surface area (Å²) in [6.07, 6.45) is 2.88. The summed E-state index contributed by atoms with van der Waals surface area (Å²) in [7, 11) is 0. The number of carbonyl (C=O) groups excluding carboxylic acids is 1. The summed E-state index contributed by atoms with van der Waals surface area (Å²) in [4.78, 5) is 11.8. The molecule has 1 aliphatic rings. The third-order valence-corrected chi connectivity index (χ3v) is 3.37. The molecule has 3 N–H and O–H groups in total. The third-order valence-electron chi connectivity index (χ3n) is 3.37. The summed E-state index contributed by atoms with van der Waals surface area (Å²) in [6, 6.07) is 2.02. The average Bonchev–Trinajstić information content (AvgIpc) is 2.71. The molecule has 1 saturated carbocycles. The van der Waals surface area contributed by atoms with E-state index >= 15 is 0 Å². The molecule has 0 aliphatic heterocycles. The van der Waals surface area contributed by atoms with Crippen molar-refractivity contribution in [1.29, 1.82) is 0 Å². The van der Waals surface area contributed by atoms with Gasteiger partial charge in [0.25, 0.3) is 5.91 Å².